The summed E-state index contributed by atoms with van der Waals surface area (Å²) in [5.74, 6) is 0. The Bertz CT molecular complexity index is 581. The minimum absolute atomic E-state index is 0.527. The highest BCUT2D eigenvalue weighted by Gasteiger charge is 2.07. The van der Waals surface area contributed by atoms with Gasteiger partial charge in [0.25, 0.3) is 0 Å². The van der Waals surface area contributed by atoms with E-state index in [1.54, 1.807) is 0 Å². The number of halogens is 1. The third-order valence-corrected chi connectivity index (χ3v) is 3.85. The summed E-state index contributed by atoms with van der Waals surface area (Å²) in [6.45, 7) is 4.42. The van der Waals surface area contributed by atoms with Crippen LogP contribution >= 0.6 is 11.6 Å². The van der Waals surface area contributed by atoms with E-state index < -0.39 is 0 Å². The van der Waals surface area contributed by atoms with Crippen LogP contribution in [0, 0.1) is 6.92 Å². The fourth-order valence-corrected chi connectivity index (χ4v) is 2.53. The van der Waals surface area contributed by atoms with Gasteiger partial charge in [0.15, 0.2) is 0 Å². The molecule has 2 N–H and O–H groups in total. The maximum absolute atomic E-state index is 6.30. The number of benzene rings is 2. The van der Waals surface area contributed by atoms with Gasteiger partial charge in [-0.2, -0.15) is 0 Å². The molecular weight excluding hydrogens is 268 g/mol. The summed E-state index contributed by atoms with van der Waals surface area (Å²) in [5.41, 5.74) is 10.5. The van der Waals surface area contributed by atoms with Crippen molar-refractivity contribution in [1.29, 1.82) is 0 Å². The molecule has 0 atom stereocenters. The molecule has 0 unspecified atom stereocenters. The minimum Gasteiger partial charge on any atom is -0.326 e. The standard InChI is InChI=1S/C17H21ClN2/c1-13-5-3-4-6-15(13)11-20(2)12-16-8-7-14(10-19)9-17(16)18/h3-9H,10-12,19H2,1-2H3. The Balaban J connectivity index is 2.05. The lowest BCUT2D eigenvalue weighted by Gasteiger charge is -2.19. The third-order valence-electron chi connectivity index (χ3n) is 3.49. The first-order chi connectivity index (χ1) is 9.60. The predicted octanol–water partition coefficient (Wildman–Crippen LogP) is 3.74. The quantitative estimate of drug-likeness (QED) is 0.908. The first-order valence-electron chi connectivity index (χ1n) is 6.80. The van der Waals surface area contributed by atoms with Crippen molar-refractivity contribution >= 4 is 11.6 Å². The van der Waals surface area contributed by atoms with Gasteiger partial charge in [-0.1, -0.05) is 48.0 Å². The molecule has 0 aliphatic rings. The van der Waals surface area contributed by atoms with Gasteiger partial charge in [-0.05, 0) is 42.3 Å². The monoisotopic (exact) mass is 288 g/mol. The van der Waals surface area contributed by atoms with Crippen molar-refractivity contribution < 1.29 is 0 Å². The number of aryl methyl sites for hydroxylation is 1. The Labute approximate surface area is 126 Å². The SMILES string of the molecule is Cc1ccccc1CN(C)Cc1ccc(CN)cc1Cl. The molecule has 0 amide bonds. The van der Waals surface area contributed by atoms with Crippen molar-refractivity contribution in [3.8, 4) is 0 Å². The van der Waals surface area contributed by atoms with Crippen LogP contribution in [0.3, 0.4) is 0 Å². The van der Waals surface area contributed by atoms with Crippen molar-refractivity contribution in [3.63, 3.8) is 0 Å². The van der Waals surface area contributed by atoms with Crippen LogP contribution in [0.25, 0.3) is 0 Å². The normalized spacial score (nSPS) is 11.1. The second kappa shape index (κ2) is 6.89. The number of nitrogens with zero attached hydrogens (tertiary/aromatic N) is 1. The average molecular weight is 289 g/mol. The highest BCUT2D eigenvalue weighted by Crippen LogP contribution is 2.20. The van der Waals surface area contributed by atoms with Gasteiger partial charge in [0, 0.05) is 24.7 Å². The maximum Gasteiger partial charge on any atom is 0.0454 e. The molecule has 0 aliphatic carbocycles. The number of hydrogen-bond acceptors (Lipinski definition) is 2. The summed E-state index contributed by atoms with van der Waals surface area (Å²) in [6.07, 6.45) is 0. The zero-order valence-electron chi connectivity index (χ0n) is 12.1. The molecular formula is C17H21ClN2. The first kappa shape index (κ1) is 15.0. The molecule has 106 valence electrons. The molecule has 0 aliphatic heterocycles. The van der Waals surface area contributed by atoms with Crippen molar-refractivity contribution in [2.45, 2.75) is 26.6 Å². The summed E-state index contributed by atoms with van der Waals surface area (Å²) < 4.78 is 0. The van der Waals surface area contributed by atoms with Gasteiger partial charge in [-0.25, -0.2) is 0 Å². The van der Waals surface area contributed by atoms with Crippen LogP contribution in [0.15, 0.2) is 42.5 Å². The second-order valence-corrected chi connectivity index (χ2v) is 5.64. The highest BCUT2D eigenvalue weighted by atomic mass is 35.5. The van der Waals surface area contributed by atoms with Gasteiger partial charge >= 0.3 is 0 Å². The van der Waals surface area contributed by atoms with E-state index in [-0.39, 0.29) is 0 Å². The Morgan fingerprint density at radius 2 is 1.75 bits per heavy atom. The Kier molecular flexibility index (Phi) is 5.18. The lowest BCUT2D eigenvalue weighted by atomic mass is 10.1. The Morgan fingerprint density at radius 1 is 1.05 bits per heavy atom. The number of rotatable bonds is 5. The van der Waals surface area contributed by atoms with E-state index in [2.05, 4.69) is 49.2 Å². The lowest BCUT2D eigenvalue weighted by molar-refractivity contribution is 0.318. The number of hydrogen-bond donors (Lipinski definition) is 1. The molecule has 2 rings (SSSR count). The van der Waals surface area contributed by atoms with Gasteiger partial charge in [0.1, 0.15) is 0 Å². The topological polar surface area (TPSA) is 29.3 Å². The molecule has 20 heavy (non-hydrogen) atoms. The van der Waals surface area contributed by atoms with Crippen LogP contribution in [-0.2, 0) is 19.6 Å². The minimum atomic E-state index is 0.527. The zero-order chi connectivity index (χ0) is 14.5. The van der Waals surface area contributed by atoms with Crippen molar-refractivity contribution in [2.24, 2.45) is 5.73 Å². The van der Waals surface area contributed by atoms with Crippen LogP contribution < -0.4 is 5.73 Å². The Hall–Kier alpha value is -1.35. The molecule has 0 heterocycles. The van der Waals surface area contributed by atoms with E-state index in [4.69, 9.17) is 17.3 Å². The summed E-state index contributed by atoms with van der Waals surface area (Å²) in [4.78, 5) is 2.27. The van der Waals surface area contributed by atoms with E-state index in [9.17, 15) is 0 Å². The predicted molar refractivity (Wildman–Crippen MR) is 85.7 cm³/mol. The van der Waals surface area contributed by atoms with Crippen LogP contribution in [0.5, 0.6) is 0 Å². The molecule has 0 bridgehead atoms. The fourth-order valence-electron chi connectivity index (χ4n) is 2.27. The largest absolute Gasteiger partial charge is 0.326 e. The molecule has 0 spiro atoms. The Morgan fingerprint density at radius 3 is 2.40 bits per heavy atom. The zero-order valence-corrected chi connectivity index (χ0v) is 12.8. The van der Waals surface area contributed by atoms with Crippen molar-refractivity contribution in [2.75, 3.05) is 7.05 Å². The molecule has 0 saturated heterocycles. The average Bonchev–Trinajstić information content (AvgIpc) is 2.43. The van der Waals surface area contributed by atoms with E-state index >= 15 is 0 Å². The molecule has 2 aromatic rings. The first-order valence-corrected chi connectivity index (χ1v) is 7.18. The molecule has 0 fully saturated rings. The summed E-state index contributed by atoms with van der Waals surface area (Å²) in [6, 6.07) is 14.5. The molecule has 2 nitrogen and oxygen atoms in total. The van der Waals surface area contributed by atoms with Gasteiger partial charge in [-0.3, -0.25) is 4.90 Å². The summed E-state index contributed by atoms with van der Waals surface area (Å²) in [7, 11) is 2.11. The lowest BCUT2D eigenvalue weighted by Crippen LogP contribution is -2.18. The van der Waals surface area contributed by atoms with E-state index in [0.29, 0.717) is 6.54 Å². The van der Waals surface area contributed by atoms with Gasteiger partial charge in [0.05, 0.1) is 0 Å². The smallest absolute Gasteiger partial charge is 0.0454 e. The molecule has 0 aromatic heterocycles. The molecule has 0 saturated carbocycles. The van der Waals surface area contributed by atoms with E-state index in [1.807, 2.05) is 12.1 Å². The van der Waals surface area contributed by atoms with E-state index in [1.165, 1.54) is 11.1 Å². The van der Waals surface area contributed by atoms with Gasteiger partial charge < -0.3 is 5.73 Å². The third kappa shape index (κ3) is 3.83. The van der Waals surface area contributed by atoms with Crippen LogP contribution in [0.2, 0.25) is 5.02 Å². The molecule has 3 heteroatoms. The van der Waals surface area contributed by atoms with Gasteiger partial charge in [0.2, 0.25) is 0 Å². The molecule has 0 radical (unpaired) electrons. The fraction of sp³-hybridized carbons (Fsp3) is 0.294. The van der Waals surface area contributed by atoms with Gasteiger partial charge in [-0.15, -0.1) is 0 Å². The maximum atomic E-state index is 6.30. The van der Waals surface area contributed by atoms with Crippen LogP contribution in [-0.4, -0.2) is 11.9 Å². The second-order valence-electron chi connectivity index (χ2n) is 5.23. The van der Waals surface area contributed by atoms with Crippen LogP contribution in [0.1, 0.15) is 22.3 Å². The van der Waals surface area contributed by atoms with Crippen molar-refractivity contribution in [3.05, 3.63) is 69.7 Å². The van der Waals surface area contributed by atoms with Crippen molar-refractivity contribution in [1.82, 2.24) is 4.90 Å². The summed E-state index contributed by atoms with van der Waals surface area (Å²) in [5, 5.41) is 0.796. The highest BCUT2D eigenvalue weighted by molar-refractivity contribution is 6.31. The summed E-state index contributed by atoms with van der Waals surface area (Å²) >= 11 is 6.30. The van der Waals surface area contributed by atoms with Crippen LogP contribution in [0.4, 0.5) is 0 Å². The number of nitrogens with two attached hydrogens (primary N) is 1. The van der Waals surface area contributed by atoms with E-state index in [0.717, 1.165) is 29.2 Å². The molecule has 2 aromatic carbocycles.